The molecule has 0 bridgehead atoms. The number of phenolic OH excluding ortho intramolecular Hbond substituents is 1. The van der Waals surface area contributed by atoms with Crippen molar-refractivity contribution in [2.24, 2.45) is 0 Å². The van der Waals surface area contributed by atoms with Crippen molar-refractivity contribution in [2.75, 3.05) is 31.1 Å². The number of hydrogen-bond donors (Lipinski definition) is 1. The normalized spacial score (nSPS) is 14.5. The molecule has 1 fully saturated rings. The van der Waals surface area contributed by atoms with Crippen molar-refractivity contribution in [2.45, 2.75) is 6.18 Å². The molecule has 2 aromatic heterocycles. The zero-order chi connectivity index (χ0) is 23.9. The number of anilines is 1. The molecule has 172 valence electrons. The number of alkyl halides is 3. The van der Waals surface area contributed by atoms with Crippen LogP contribution in [0.4, 0.5) is 23.4 Å². The van der Waals surface area contributed by atoms with Crippen molar-refractivity contribution in [1.29, 1.82) is 0 Å². The van der Waals surface area contributed by atoms with Crippen LogP contribution in [-0.2, 0) is 11.0 Å². The molecule has 0 unspecified atom stereocenters. The molecule has 1 aliphatic heterocycles. The largest absolute Gasteiger partial charge is 0.506 e. The number of carbonyl (C=O) groups excluding carboxylic acids is 1. The first kappa shape index (κ1) is 22.2. The Morgan fingerprint density at radius 1 is 1.15 bits per heavy atom. The van der Waals surface area contributed by atoms with E-state index in [2.05, 4.69) is 16.5 Å². The zero-order valence-electron chi connectivity index (χ0n) is 17.0. The van der Waals surface area contributed by atoms with Gasteiger partial charge in [0.15, 0.2) is 5.82 Å². The van der Waals surface area contributed by atoms with Gasteiger partial charge in [-0.3, -0.25) is 14.2 Å². The van der Waals surface area contributed by atoms with Crippen molar-refractivity contribution in [1.82, 2.24) is 19.4 Å². The second kappa shape index (κ2) is 8.19. The van der Waals surface area contributed by atoms with E-state index in [1.54, 1.807) is 4.90 Å². The van der Waals surface area contributed by atoms with Crippen LogP contribution in [0, 0.1) is 5.82 Å². The van der Waals surface area contributed by atoms with Gasteiger partial charge in [0.2, 0.25) is 5.91 Å². The van der Waals surface area contributed by atoms with Crippen LogP contribution in [0.1, 0.15) is 5.69 Å². The van der Waals surface area contributed by atoms with Crippen LogP contribution in [0.15, 0.2) is 48.0 Å². The maximum atomic E-state index is 14.4. The van der Waals surface area contributed by atoms with Crippen LogP contribution in [0.5, 0.6) is 5.75 Å². The van der Waals surface area contributed by atoms with Crippen LogP contribution in [-0.4, -0.2) is 56.6 Å². The molecule has 1 amide bonds. The molecule has 1 aromatic carbocycles. The molecule has 33 heavy (non-hydrogen) atoms. The summed E-state index contributed by atoms with van der Waals surface area (Å²) in [6.07, 6.45) is -2.87. The molecule has 1 saturated heterocycles. The third kappa shape index (κ3) is 3.88. The summed E-state index contributed by atoms with van der Waals surface area (Å²) in [6, 6.07) is 3.58. The first-order valence-corrected chi connectivity index (χ1v) is 9.75. The van der Waals surface area contributed by atoms with Crippen molar-refractivity contribution in [3.63, 3.8) is 0 Å². The van der Waals surface area contributed by atoms with Crippen LogP contribution in [0.2, 0.25) is 0 Å². The number of piperazine rings is 1. The fourth-order valence-corrected chi connectivity index (χ4v) is 3.78. The molecule has 3 heterocycles. The van der Waals surface area contributed by atoms with Crippen molar-refractivity contribution in [3.8, 4) is 11.4 Å². The summed E-state index contributed by atoms with van der Waals surface area (Å²) in [5, 5.41) is 9.86. The summed E-state index contributed by atoms with van der Waals surface area (Å²) < 4.78 is 56.5. The Bertz CT molecular complexity index is 1290. The highest BCUT2D eigenvalue weighted by atomic mass is 19.4. The van der Waals surface area contributed by atoms with E-state index < -0.39 is 34.7 Å². The average molecular weight is 463 g/mol. The Morgan fingerprint density at radius 3 is 2.45 bits per heavy atom. The number of nitrogens with zero attached hydrogens (tertiary/aromatic N) is 5. The van der Waals surface area contributed by atoms with Gasteiger partial charge in [-0.1, -0.05) is 12.6 Å². The summed E-state index contributed by atoms with van der Waals surface area (Å²) in [5.74, 6) is -2.23. The Balaban J connectivity index is 1.91. The molecule has 1 N–H and O–H groups in total. The SMILES string of the molecule is C=CC(=O)N1CCN(c2ncnc3c(=O)n(-c4c(O)cccc4F)c(C(F)(F)F)cc23)CC1. The lowest BCUT2D eigenvalue weighted by atomic mass is 10.1. The lowest BCUT2D eigenvalue weighted by molar-refractivity contribution is -0.142. The molecule has 0 atom stereocenters. The summed E-state index contributed by atoms with van der Waals surface area (Å²) in [5.41, 5.74) is -4.05. The highest BCUT2D eigenvalue weighted by Gasteiger charge is 2.38. The predicted octanol–water partition coefficient (Wildman–Crippen LogP) is 2.48. The number of amides is 1. The topological polar surface area (TPSA) is 91.6 Å². The van der Waals surface area contributed by atoms with Gasteiger partial charge in [0.05, 0.1) is 5.39 Å². The Morgan fingerprint density at radius 2 is 1.85 bits per heavy atom. The summed E-state index contributed by atoms with van der Waals surface area (Å²) >= 11 is 0. The third-order valence-corrected chi connectivity index (χ3v) is 5.34. The second-order valence-corrected chi connectivity index (χ2v) is 7.25. The summed E-state index contributed by atoms with van der Waals surface area (Å²) in [7, 11) is 0. The fourth-order valence-electron chi connectivity index (χ4n) is 3.78. The highest BCUT2D eigenvalue weighted by Crippen LogP contribution is 2.36. The molecule has 1 aliphatic rings. The van der Waals surface area contributed by atoms with Gasteiger partial charge in [-0.05, 0) is 24.3 Å². The van der Waals surface area contributed by atoms with Crippen molar-refractivity contribution >= 4 is 22.6 Å². The minimum atomic E-state index is -5.07. The van der Waals surface area contributed by atoms with Crippen LogP contribution in [0.25, 0.3) is 16.6 Å². The van der Waals surface area contributed by atoms with E-state index >= 15 is 0 Å². The maximum Gasteiger partial charge on any atom is 0.431 e. The van der Waals surface area contributed by atoms with Gasteiger partial charge in [-0.25, -0.2) is 14.4 Å². The lowest BCUT2D eigenvalue weighted by Gasteiger charge is -2.35. The van der Waals surface area contributed by atoms with Crippen LogP contribution < -0.4 is 10.5 Å². The first-order valence-electron chi connectivity index (χ1n) is 9.75. The number of pyridine rings is 1. The van der Waals surface area contributed by atoms with Gasteiger partial charge in [-0.2, -0.15) is 13.2 Å². The monoisotopic (exact) mass is 463 g/mol. The molecule has 12 heteroatoms. The molecule has 8 nitrogen and oxygen atoms in total. The van der Waals surface area contributed by atoms with Crippen molar-refractivity contribution in [3.05, 3.63) is 65.1 Å². The number of phenols is 1. The minimum absolute atomic E-state index is 0.0739. The Kier molecular flexibility index (Phi) is 5.52. The smallest absolute Gasteiger partial charge is 0.431 e. The number of rotatable bonds is 3. The van der Waals surface area contributed by atoms with Crippen LogP contribution >= 0.6 is 0 Å². The zero-order valence-corrected chi connectivity index (χ0v) is 17.0. The predicted molar refractivity (Wildman–Crippen MR) is 111 cm³/mol. The average Bonchev–Trinajstić information content (AvgIpc) is 2.78. The van der Waals surface area contributed by atoms with Crippen LogP contribution in [0.3, 0.4) is 0 Å². The molecule has 0 spiro atoms. The number of fused-ring (bicyclic) bond motifs is 1. The van der Waals surface area contributed by atoms with Gasteiger partial charge in [0.1, 0.15) is 34.8 Å². The van der Waals surface area contributed by atoms with Gasteiger partial charge in [0, 0.05) is 26.2 Å². The second-order valence-electron chi connectivity index (χ2n) is 7.25. The number of carbonyl (C=O) groups is 1. The van der Waals surface area contributed by atoms with Gasteiger partial charge < -0.3 is 14.9 Å². The molecule has 4 rings (SSSR count). The van der Waals surface area contributed by atoms with Gasteiger partial charge in [0.25, 0.3) is 5.56 Å². The molecule has 0 saturated carbocycles. The number of aromatic nitrogens is 3. The molecule has 3 aromatic rings. The number of benzene rings is 1. The van der Waals surface area contributed by atoms with E-state index in [1.165, 1.54) is 11.0 Å². The van der Waals surface area contributed by atoms with E-state index in [0.717, 1.165) is 24.5 Å². The number of aromatic hydroxyl groups is 1. The minimum Gasteiger partial charge on any atom is -0.506 e. The lowest BCUT2D eigenvalue weighted by Crippen LogP contribution is -2.48. The number of para-hydroxylation sites is 1. The third-order valence-electron chi connectivity index (χ3n) is 5.34. The van der Waals surface area contributed by atoms with Crippen molar-refractivity contribution < 1.29 is 27.5 Å². The number of hydrogen-bond acceptors (Lipinski definition) is 6. The van der Waals surface area contributed by atoms with E-state index in [0.29, 0.717) is 6.07 Å². The van der Waals surface area contributed by atoms with E-state index in [4.69, 9.17) is 0 Å². The fraction of sp³-hybridized carbons (Fsp3) is 0.238. The molecule has 0 aliphatic carbocycles. The van der Waals surface area contributed by atoms with E-state index in [-0.39, 0.29) is 53.4 Å². The molecular weight excluding hydrogens is 446 g/mol. The Hall–Kier alpha value is -3.96. The molecular formula is C21H17F4N5O3. The standard InChI is InChI=1S/C21H17F4N5O3/c1-2-16(32)28-6-8-29(9-7-28)19-12-10-15(21(23,24)25)30(20(33)17(12)26-11-27-19)18-13(22)4-3-5-14(18)31/h2-5,10-11,31H,1,6-9H2. The Labute approximate surface area is 184 Å². The summed E-state index contributed by atoms with van der Waals surface area (Å²) in [6.45, 7) is 4.50. The quantitative estimate of drug-likeness (QED) is 0.474. The number of halogens is 4. The summed E-state index contributed by atoms with van der Waals surface area (Å²) in [4.78, 5) is 36.0. The highest BCUT2D eigenvalue weighted by molar-refractivity contribution is 5.90. The van der Waals surface area contributed by atoms with Gasteiger partial charge >= 0.3 is 6.18 Å². The molecule has 0 radical (unpaired) electrons. The van der Waals surface area contributed by atoms with E-state index in [9.17, 15) is 32.3 Å². The van der Waals surface area contributed by atoms with Gasteiger partial charge in [-0.15, -0.1) is 0 Å². The first-order chi connectivity index (χ1) is 15.6. The maximum absolute atomic E-state index is 14.4. The van der Waals surface area contributed by atoms with E-state index in [1.807, 2.05) is 0 Å².